The van der Waals surface area contributed by atoms with Crippen LogP contribution in [0.5, 0.6) is 0 Å². The van der Waals surface area contributed by atoms with Gasteiger partial charge in [-0.1, -0.05) is 16.9 Å². The first kappa shape index (κ1) is 6.80. The topological polar surface area (TPSA) is 54.5 Å². The van der Waals surface area contributed by atoms with Crippen LogP contribution in [0.4, 0.5) is 0 Å². The molecule has 0 aliphatic carbocycles. The molecule has 0 saturated carbocycles. The number of fused-ring (bicyclic) bond motifs is 1. The smallest absolute Gasteiger partial charge is 0.169 e. The van der Waals surface area contributed by atoms with Crippen molar-refractivity contribution in [2.24, 2.45) is 0 Å². The van der Waals surface area contributed by atoms with Gasteiger partial charge < -0.3 is 0 Å². The largest absolute Gasteiger partial charge is 0.225 e. The minimum absolute atomic E-state index is 0.761. The highest BCUT2D eigenvalue weighted by atomic mass is 15.5. The Morgan fingerprint density at radius 1 is 1.42 bits per heavy atom. The Balaban J connectivity index is 2.85. The molecule has 0 unspecified atom stereocenters. The van der Waals surface area contributed by atoms with E-state index in [-0.39, 0.29) is 0 Å². The van der Waals surface area contributed by atoms with Gasteiger partial charge in [-0.15, -0.1) is 10.2 Å². The van der Waals surface area contributed by atoms with Gasteiger partial charge in [0.2, 0.25) is 6.19 Å². The Hall–Kier alpha value is -1.89. The molecule has 0 radical (unpaired) electrons. The number of rotatable bonds is 0. The van der Waals surface area contributed by atoms with Crippen LogP contribution in [-0.2, 0) is 0 Å². The van der Waals surface area contributed by atoms with Crippen LogP contribution in [0, 0.1) is 18.4 Å². The zero-order valence-corrected chi connectivity index (χ0v) is 6.52. The second-order valence-electron chi connectivity index (χ2n) is 2.53. The van der Waals surface area contributed by atoms with Crippen molar-refractivity contribution in [2.45, 2.75) is 6.92 Å². The number of nitriles is 1. The van der Waals surface area contributed by atoms with Crippen LogP contribution in [0.15, 0.2) is 18.2 Å². The third kappa shape index (κ3) is 0.839. The number of hydrogen-bond acceptors (Lipinski definition) is 3. The van der Waals surface area contributed by atoms with E-state index in [2.05, 4.69) is 10.2 Å². The lowest BCUT2D eigenvalue weighted by Gasteiger charge is -1.88. The van der Waals surface area contributed by atoms with Crippen molar-refractivity contribution in [1.82, 2.24) is 15.0 Å². The predicted molar refractivity (Wildman–Crippen MR) is 43.3 cm³/mol. The number of nitrogens with zero attached hydrogens (tertiary/aromatic N) is 4. The first-order chi connectivity index (χ1) is 5.81. The van der Waals surface area contributed by atoms with Gasteiger partial charge >= 0.3 is 0 Å². The van der Waals surface area contributed by atoms with Crippen LogP contribution in [0.2, 0.25) is 0 Å². The van der Waals surface area contributed by atoms with Crippen LogP contribution < -0.4 is 0 Å². The van der Waals surface area contributed by atoms with Gasteiger partial charge in [0.25, 0.3) is 0 Å². The van der Waals surface area contributed by atoms with Gasteiger partial charge in [-0.2, -0.15) is 5.26 Å². The van der Waals surface area contributed by atoms with Crippen LogP contribution >= 0.6 is 0 Å². The van der Waals surface area contributed by atoms with E-state index in [4.69, 9.17) is 5.26 Å². The summed E-state index contributed by atoms with van der Waals surface area (Å²) in [6, 6.07) is 5.68. The van der Waals surface area contributed by atoms with E-state index in [9.17, 15) is 0 Å². The van der Waals surface area contributed by atoms with Crippen LogP contribution in [0.3, 0.4) is 0 Å². The summed E-state index contributed by atoms with van der Waals surface area (Å²) in [5.41, 5.74) is 2.59. The van der Waals surface area contributed by atoms with Crippen molar-refractivity contribution >= 4 is 11.0 Å². The maximum Gasteiger partial charge on any atom is 0.225 e. The minimum atomic E-state index is 0.761. The van der Waals surface area contributed by atoms with E-state index in [1.165, 1.54) is 0 Å². The second kappa shape index (κ2) is 2.31. The van der Waals surface area contributed by atoms with E-state index in [1.54, 1.807) is 0 Å². The zero-order chi connectivity index (χ0) is 8.55. The Morgan fingerprint density at radius 2 is 2.25 bits per heavy atom. The normalized spacial score (nSPS) is 10.0. The van der Waals surface area contributed by atoms with Gasteiger partial charge in [0.05, 0.1) is 0 Å². The van der Waals surface area contributed by atoms with E-state index in [1.807, 2.05) is 31.3 Å². The van der Waals surface area contributed by atoms with Crippen LogP contribution in [0.25, 0.3) is 11.0 Å². The zero-order valence-electron chi connectivity index (χ0n) is 6.52. The summed E-state index contributed by atoms with van der Waals surface area (Å²) in [5.74, 6) is 0. The maximum atomic E-state index is 8.52. The fourth-order valence-electron chi connectivity index (χ4n) is 1.12. The Labute approximate surface area is 69.0 Å². The molecule has 0 spiro atoms. The standard InChI is InChI=1S/C8H6N4/c1-6-3-2-4-7-8(6)11-12(5-9)10-7/h2-4H,1H3. The molecule has 0 N–H and O–H groups in total. The molecule has 12 heavy (non-hydrogen) atoms. The summed E-state index contributed by atoms with van der Waals surface area (Å²) in [6.45, 7) is 1.94. The summed E-state index contributed by atoms with van der Waals surface area (Å²) >= 11 is 0. The van der Waals surface area contributed by atoms with Gasteiger partial charge in [-0.3, -0.25) is 0 Å². The van der Waals surface area contributed by atoms with E-state index in [0.717, 1.165) is 21.4 Å². The molecule has 0 atom stereocenters. The van der Waals surface area contributed by atoms with E-state index >= 15 is 0 Å². The van der Waals surface area contributed by atoms with Crippen molar-refractivity contribution in [2.75, 3.05) is 0 Å². The van der Waals surface area contributed by atoms with Gasteiger partial charge in [-0.25, -0.2) is 0 Å². The summed E-state index contributed by atoms with van der Waals surface area (Å²) in [7, 11) is 0. The molecule has 0 fully saturated rings. The molecule has 58 valence electrons. The Kier molecular flexibility index (Phi) is 1.31. The fraction of sp³-hybridized carbons (Fsp3) is 0.125. The van der Waals surface area contributed by atoms with Crippen molar-refractivity contribution in [3.05, 3.63) is 23.8 Å². The second-order valence-corrected chi connectivity index (χ2v) is 2.53. The van der Waals surface area contributed by atoms with Crippen LogP contribution in [-0.4, -0.2) is 15.0 Å². The first-order valence-corrected chi connectivity index (χ1v) is 3.54. The third-order valence-corrected chi connectivity index (χ3v) is 1.70. The molecule has 1 heterocycles. The van der Waals surface area contributed by atoms with Gasteiger partial charge in [0, 0.05) is 0 Å². The highest BCUT2D eigenvalue weighted by Gasteiger charge is 2.02. The molecule has 1 aromatic heterocycles. The van der Waals surface area contributed by atoms with Gasteiger partial charge in [0.15, 0.2) is 0 Å². The van der Waals surface area contributed by atoms with Gasteiger partial charge in [-0.05, 0) is 18.6 Å². The third-order valence-electron chi connectivity index (χ3n) is 1.70. The SMILES string of the molecule is Cc1cccc2nn(C#N)nc12. The molecular formula is C8H6N4. The monoisotopic (exact) mass is 158 g/mol. The van der Waals surface area contributed by atoms with Crippen molar-refractivity contribution < 1.29 is 0 Å². The average Bonchev–Trinajstić information content (AvgIpc) is 2.49. The molecule has 0 saturated heterocycles. The molecule has 0 amide bonds. The van der Waals surface area contributed by atoms with Crippen molar-refractivity contribution in [1.29, 1.82) is 5.26 Å². The molecule has 1 aromatic carbocycles. The summed E-state index contributed by atoms with van der Waals surface area (Å²) in [4.78, 5) is 1.03. The lowest BCUT2D eigenvalue weighted by Crippen LogP contribution is -1.91. The Bertz CT molecular complexity index is 463. The molecule has 0 aliphatic rings. The number of aromatic nitrogens is 3. The molecule has 2 rings (SSSR count). The number of hydrogen-bond donors (Lipinski definition) is 0. The predicted octanol–water partition coefficient (Wildman–Crippen LogP) is 1.07. The summed E-state index contributed by atoms with van der Waals surface area (Å²) < 4.78 is 0. The summed E-state index contributed by atoms with van der Waals surface area (Å²) in [6.07, 6.45) is 1.84. The molecule has 4 heteroatoms. The van der Waals surface area contributed by atoms with E-state index < -0.39 is 0 Å². The highest BCUT2D eigenvalue weighted by molar-refractivity contribution is 5.77. The maximum absolute atomic E-state index is 8.52. The van der Waals surface area contributed by atoms with Gasteiger partial charge in [0.1, 0.15) is 11.0 Å². The molecule has 2 aromatic rings. The lowest BCUT2D eigenvalue weighted by molar-refractivity contribution is 0.781. The van der Waals surface area contributed by atoms with Crippen molar-refractivity contribution in [3.8, 4) is 6.19 Å². The first-order valence-electron chi connectivity index (χ1n) is 3.54. The van der Waals surface area contributed by atoms with E-state index in [0.29, 0.717) is 0 Å². The fourth-order valence-corrected chi connectivity index (χ4v) is 1.12. The number of aryl methyl sites for hydroxylation is 1. The quantitative estimate of drug-likeness (QED) is 0.576. The highest BCUT2D eigenvalue weighted by Crippen LogP contribution is 2.12. The molecule has 4 nitrogen and oxygen atoms in total. The van der Waals surface area contributed by atoms with Crippen molar-refractivity contribution in [3.63, 3.8) is 0 Å². The van der Waals surface area contributed by atoms with Crippen LogP contribution in [0.1, 0.15) is 5.56 Å². The Morgan fingerprint density at radius 3 is 2.92 bits per heavy atom. The average molecular weight is 158 g/mol. The molecule has 0 bridgehead atoms. The lowest BCUT2D eigenvalue weighted by atomic mass is 10.2. The minimum Gasteiger partial charge on any atom is -0.169 e. The molecule has 0 aliphatic heterocycles. The summed E-state index contributed by atoms with van der Waals surface area (Å²) in [5, 5.41) is 16.4. The molecular weight excluding hydrogens is 152 g/mol. The number of benzene rings is 1.